The van der Waals surface area contributed by atoms with E-state index in [9.17, 15) is 4.79 Å². The number of carbonyl (C=O) groups is 1. The van der Waals surface area contributed by atoms with Crippen molar-refractivity contribution >= 4 is 11.6 Å². The Hall–Kier alpha value is -2.53. The summed E-state index contributed by atoms with van der Waals surface area (Å²) in [5.74, 6) is 0.296. The van der Waals surface area contributed by atoms with Crippen molar-refractivity contribution < 1.29 is 9.53 Å². The van der Waals surface area contributed by atoms with Crippen LogP contribution in [0.3, 0.4) is 0 Å². The summed E-state index contributed by atoms with van der Waals surface area (Å²) in [7, 11) is 1.71. The van der Waals surface area contributed by atoms with Crippen LogP contribution in [0.15, 0.2) is 54.6 Å². The van der Waals surface area contributed by atoms with Crippen molar-refractivity contribution in [1.29, 1.82) is 0 Å². The van der Waals surface area contributed by atoms with Crippen LogP contribution in [0, 0.1) is 5.41 Å². The van der Waals surface area contributed by atoms with Crippen molar-refractivity contribution in [2.24, 2.45) is 11.1 Å². The molecule has 2 unspecified atom stereocenters. The average Bonchev–Trinajstić information content (AvgIpc) is 2.71. The average molecular weight is 396 g/mol. The molecule has 1 fully saturated rings. The molecule has 2 aromatic rings. The molecule has 1 aliphatic rings. The predicted octanol–water partition coefficient (Wildman–Crippen LogP) is 3.50. The predicted molar refractivity (Wildman–Crippen MR) is 118 cm³/mol. The second kappa shape index (κ2) is 8.87. The summed E-state index contributed by atoms with van der Waals surface area (Å²) in [5.41, 5.74) is 7.96. The van der Waals surface area contributed by atoms with Crippen molar-refractivity contribution in [3.8, 4) is 5.75 Å². The largest absolute Gasteiger partial charge is 0.495 e. The summed E-state index contributed by atoms with van der Waals surface area (Å²) in [6.07, 6.45) is 0. The minimum Gasteiger partial charge on any atom is -0.495 e. The Morgan fingerprint density at radius 2 is 1.55 bits per heavy atom. The first-order chi connectivity index (χ1) is 13.8. The van der Waals surface area contributed by atoms with Gasteiger partial charge in [-0.15, -0.1) is 0 Å². The molecule has 0 spiro atoms. The minimum atomic E-state index is -0.339. The third kappa shape index (κ3) is 4.73. The van der Waals surface area contributed by atoms with Crippen LogP contribution in [0.4, 0.5) is 5.69 Å². The highest BCUT2D eigenvalue weighted by atomic mass is 16.5. The number of ether oxygens (including phenoxy) is 1. The minimum absolute atomic E-state index is 0.0298. The van der Waals surface area contributed by atoms with E-state index in [1.165, 1.54) is 0 Å². The molecule has 156 valence electrons. The van der Waals surface area contributed by atoms with E-state index in [4.69, 9.17) is 10.5 Å². The van der Waals surface area contributed by atoms with E-state index in [-0.39, 0.29) is 23.3 Å². The number of piperazine rings is 1. The maximum Gasteiger partial charge on any atom is 0.226 e. The fourth-order valence-corrected chi connectivity index (χ4v) is 4.55. The van der Waals surface area contributed by atoms with Gasteiger partial charge in [0.05, 0.1) is 18.7 Å². The Balaban J connectivity index is 1.84. The molecule has 0 aromatic heterocycles. The molecular formula is C24H33N3O2. The number of primary amides is 1. The smallest absolute Gasteiger partial charge is 0.226 e. The number of nitrogens with two attached hydrogens (primary N) is 1. The molecule has 2 N–H and O–H groups in total. The number of para-hydroxylation sites is 2. The monoisotopic (exact) mass is 395 g/mol. The van der Waals surface area contributed by atoms with Gasteiger partial charge in [0.15, 0.2) is 0 Å². The van der Waals surface area contributed by atoms with Gasteiger partial charge in [-0.05, 0) is 23.1 Å². The van der Waals surface area contributed by atoms with E-state index in [2.05, 4.69) is 36.6 Å². The van der Waals surface area contributed by atoms with Gasteiger partial charge in [-0.2, -0.15) is 0 Å². The first-order valence-corrected chi connectivity index (χ1v) is 10.3. The van der Waals surface area contributed by atoms with Gasteiger partial charge in [-0.25, -0.2) is 0 Å². The number of hydrogen-bond acceptors (Lipinski definition) is 4. The van der Waals surface area contributed by atoms with E-state index in [1.807, 2.05) is 48.5 Å². The fraction of sp³-hybridized carbons (Fsp3) is 0.458. The van der Waals surface area contributed by atoms with Crippen molar-refractivity contribution in [3.63, 3.8) is 0 Å². The zero-order valence-corrected chi connectivity index (χ0v) is 18.0. The number of methoxy groups -OCH3 is 1. The second-order valence-electron chi connectivity index (χ2n) is 8.80. The van der Waals surface area contributed by atoms with Gasteiger partial charge in [0, 0.05) is 32.2 Å². The van der Waals surface area contributed by atoms with Gasteiger partial charge in [-0.1, -0.05) is 63.2 Å². The standard InChI is InChI=1S/C24H33N3O2/c1-24(2,3)22(21(23(25)28)18-10-6-5-7-11-18)27-16-14-26(15-17-27)19-12-8-9-13-20(19)29-4/h5-13,21-22H,14-17H2,1-4H3,(H2,25,28). The van der Waals surface area contributed by atoms with Crippen LogP contribution in [-0.4, -0.2) is 50.1 Å². The fourth-order valence-electron chi connectivity index (χ4n) is 4.55. The van der Waals surface area contributed by atoms with Crippen molar-refractivity contribution in [2.45, 2.75) is 32.7 Å². The maximum atomic E-state index is 12.6. The number of hydrogen-bond donors (Lipinski definition) is 1. The summed E-state index contributed by atoms with van der Waals surface area (Å²) >= 11 is 0. The molecule has 0 bridgehead atoms. The highest BCUT2D eigenvalue weighted by Gasteiger charge is 2.41. The molecular weight excluding hydrogens is 362 g/mol. The SMILES string of the molecule is COc1ccccc1N1CCN(C(C(C(N)=O)c2ccccc2)C(C)(C)C)CC1. The molecule has 3 rings (SSSR count). The summed E-state index contributed by atoms with van der Waals surface area (Å²) < 4.78 is 5.54. The number of benzene rings is 2. The lowest BCUT2D eigenvalue weighted by Gasteiger charge is -2.47. The second-order valence-corrected chi connectivity index (χ2v) is 8.80. The van der Waals surface area contributed by atoms with E-state index >= 15 is 0 Å². The van der Waals surface area contributed by atoms with Crippen molar-refractivity contribution in [2.75, 3.05) is 38.2 Å². The third-order valence-electron chi connectivity index (χ3n) is 5.80. The molecule has 5 heteroatoms. The van der Waals surface area contributed by atoms with Crippen LogP contribution in [0.2, 0.25) is 0 Å². The molecule has 0 saturated carbocycles. The summed E-state index contributed by atoms with van der Waals surface area (Å²) in [5, 5.41) is 0. The van der Waals surface area contributed by atoms with Crippen LogP contribution in [0.5, 0.6) is 5.75 Å². The van der Waals surface area contributed by atoms with E-state index in [0.717, 1.165) is 43.2 Å². The molecule has 0 aliphatic carbocycles. The van der Waals surface area contributed by atoms with E-state index in [0.29, 0.717) is 0 Å². The van der Waals surface area contributed by atoms with Crippen LogP contribution >= 0.6 is 0 Å². The molecule has 1 heterocycles. The first-order valence-electron chi connectivity index (χ1n) is 10.3. The van der Waals surface area contributed by atoms with Gasteiger partial charge in [0.1, 0.15) is 5.75 Å². The number of anilines is 1. The topological polar surface area (TPSA) is 58.8 Å². The third-order valence-corrected chi connectivity index (χ3v) is 5.80. The van der Waals surface area contributed by atoms with Gasteiger partial charge < -0.3 is 15.4 Å². The van der Waals surface area contributed by atoms with Gasteiger partial charge in [-0.3, -0.25) is 9.69 Å². The first kappa shape index (κ1) is 21.2. The number of nitrogens with zero attached hydrogens (tertiary/aromatic N) is 2. The maximum absolute atomic E-state index is 12.6. The summed E-state index contributed by atoms with van der Waals surface area (Å²) in [6, 6.07) is 18.1. The summed E-state index contributed by atoms with van der Waals surface area (Å²) in [4.78, 5) is 17.4. The molecule has 1 amide bonds. The van der Waals surface area contributed by atoms with Gasteiger partial charge >= 0.3 is 0 Å². The zero-order valence-electron chi connectivity index (χ0n) is 18.0. The zero-order chi connectivity index (χ0) is 21.0. The molecule has 2 atom stereocenters. The summed E-state index contributed by atoms with van der Waals surface area (Å²) in [6.45, 7) is 10.1. The van der Waals surface area contributed by atoms with E-state index < -0.39 is 0 Å². The van der Waals surface area contributed by atoms with Gasteiger partial charge in [0.25, 0.3) is 0 Å². The molecule has 2 aromatic carbocycles. The molecule has 5 nitrogen and oxygen atoms in total. The van der Waals surface area contributed by atoms with Gasteiger partial charge in [0.2, 0.25) is 5.91 Å². The molecule has 29 heavy (non-hydrogen) atoms. The van der Waals surface area contributed by atoms with Crippen LogP contribution in [0.1, 0.15) is 32.3 Å². The normalized spacial score (nSPS) is 17.6. The Morgan fingerprint density at radius 3 is 2.10 bits per heavy atom. The molecule has 1 saturated heterocycles. The highest BCUT2D eigenvalue weighted by molar-refractivity contribution is 5.83. The van der Waals surface area contributed by atoms with Crippen LogP contribution in [0.25, 0.3) is 0 Å². The number of carbonyl (C=O) groups excluding carboxylic acids is 1. The quantitative estimate of drug-likeness (QED) is 0.813. The Kier molecular flexibility index (Phi) is 6.48. The Morgan fingerprint density at radius 1 is 0.966 bits per heavy atom. The van der Waals surface area contributed by atoms with E-state index in [1.54, 1.807) is 7.11 Å². The van der Waals surface area contributed by atoms with Crippen molar-refractivity contribution in [3.05, 3.63) is 60.2 Å². The number of amides is 1. The Labute approximate surface area is 174 Å². The van der Waals surface area contributed by atoms with Crippen LogP contribution in [-0.2, 0) is 4.79 Å². The lowest BCUT2D eigenvalue weighted by molar-refractivity contribution is -0.122. The van der Waals surface area contributed by atoms with Crippen LogP contribution < -0.4 is 15.4 Å². The van der Waals surface area contributed by atoms with Crippen molar-refractivity contribution in [1.82, 2.24) is 4.90 Å². The highest BCUT2D eigenvalue weighted by Crippen LogP contribution is 2.37. The lowest BCUT2D eigenvalue weighted by Crippen LogP contribution is -2.57. The molecule has 0 radical (unpaired) electrons. The number of rotatable bonds is 6. The lowest BCUT2D eigenvalue weighted by atomic mass is 9.74. The Bertz CT molecular complexity index is 808. The molecule has 1 aliphatic heterocycles.